The third-order valence-corrected chi connectivity index (χ3v) is 4.06. The van der Waals surface area contributed by atoms with Gasteiger partial charge in [0, 0.05) is 17.2 Å². The molecule has 1 aliphatic rings. The Balaban J connectivity index is 2.25. The number of carbonyl (C=O) groups excluding carboxylic acids is 1. The summed E-state index contributed by atoms with van der Waals surface area (Å²) in [4.78, 5) is 14.6. The lowest BCUT2D eigenvalue weighted by molar-refractivity contribution is 0.0627. The van der Waals surface area contributed by atoms with Crippen LogP contribution in [0.4, 0.5) is 0 Å². The number of halogens is 1. The summed E-state index contributed by atoms with van der Waals surface area (Å²) in [5.41, 5.74) is 0.636. The summed E-state index contributed by atoms with van der Waals surface area (Å²) in [5, 5.41) is 0. The molecule has 0 unspecified atom stereocenters. The smallest absolute Gasteiger partial charge is 0.257 e. The first-order chi connectivity index (χ1) is 9.17. The Labute approximate surface area is 127 Å². The third-order valence-electron chi connectivity index (χ3n) is 3.39. The van der Waals surface area contributed by atoms with Crippen molar-refractivity contribution in [1.29, 1.82) is 0 Å². The van der Waals surface area contributed by atoms with Gasteiger partial charge in [-0.25, -0.2) is 0 Å². The van der Waals surface area contributed by atoms with Crippen LogP contribution in [0.3, 0.4) is 0 Å². The predicted octanol–water partition coefficient (Wildman–Crippen LogP) is 2.55. The summed E-state index contributed by atoms with van der Waals surface area (Å²) in [6, 6.07) is 5.84. The molecule has 1 amide bonds. The second kappa shape index (κ2) is 6.56. The Hall–Kier alpha value is -0.820. The predicted molar refractivity (Wildman–Crippen MR) is 81.6 cm³/mol. The van der Waals surface area contributed by atoms with Gasteiger partial charge in [0.1, 0.15) is 5.75 Å². The average molecular weight is 375 g/mol. The van der Waals surface area contributed by atoms with Gasteiger partial charge in [0.25, 0.3) is 5.91 Å². The maximum absolute atomic E-state index is 12.7. The quantitative estimate of drug-likeness (QED) is 0.760. The number of amides is 1. The van der Waals surface area contributed by atoms with Gasteiger partial charge < -0.3 is 14.4 Å². The molecular weight excluding hydrogens is 357 g/mol. The Morgan fingerprint density at radius 2 is 2.26 bits per heavy atom. The molecule has 1 aromatic carbocycles. The molecule has 19 heavy (non-hydrogen) atoms. The van der Waals surface area contributed by atoms with Crippen LogP contribution in [0.2, 0.25) is 0 Å². The van der Waals surface area contributed by atoms with E-state index in [1.807, 2.05) is 23.1 Å². The van der Waals surface area contributed by atoms with Gasteiger partial charge >= 0.3 is 0 Å². The molecule has 0 N–H and O–H groups in total. The number of rotatable bonds is 4. The molecule has 0 aliphatic carbocycles. The number of benzene rings is 1. The number of likely N-dealkylation sites (tertiary alicyclic amines) is 1. The molecular formula is C14H18INO3. The monoisotopic (exact) mass is 375 g/mol. The number of ether oxygens (including phenoxy) is 2. The molecule has 1 atom stereocenters. The van der Waals surface area contributed by atoms with Crippen LogP contribution in [0.1, 0.15) is 23.2 Å². The van der Waals surface area contributed by atoms with E-state index in [0.717, 1.165) is 23.0 Å². The average Bonchev–Trinajstić information content (AvgIpc) is 2.86. The molecule has 0 bridgehead atoms. The van der Waals surface area contributed by atoms with Crippen LogP contribution in [0.5, 0.6) is 5.75 Å². The lowest BCUT2D eigenvalue weighted by Gasteiger charge is -2.25. The highest BCUT2D eigenvalue weighted by Gasteiger charge is 2.30. The second-order valence-electron chi connectivity index (χ2n) is 4.59. The van der Waals surface area contributed by atoms with Crippen molar-refractivity contribution < 1.29 is 14.3 Å². The molecule has 0 radical (unpaired) electrons. The normalized spacial score (nSPS) is 18.7. The Morgan fingerprint density at radius 1 is 1.47 bits per heavy atom. The van der Waals surface area contributed by atoms with Crippen molar-refractivity contribution in [3.63, 3.8) is 0 Å². The largest absolute Gasteiger partial charge is 0.496 e. The molecule has 0 saturated carbocycles. The lowest BCUT2D eigenvalue weighted by Crippen LogP contribution is -2.38. The van der Waals surface area contributed by atoms with Crippen LogP contribution in [-0.4, -0.2) is 44.2 Å². The molecule has 1 heterocycles. The van der Waals surface area contributed by atoms with Crippen LogP contribution in [0, 0.1) is 3.57 Å². The molecule has 2 rings (SSSR count). The van der Waals surface area contributed by atoms with Gasteiger partial charge in [-0.1, -0.05) is 0 Å². The Kier molecular flexibility index (Phi) is 5.04. The van der Waals surface area contributed by atoms with E-state index in [2.05, 4.69) is 22.6 Å². The zero-order valence-electron chi connectivity index (χ0n) is 11.2. The fourth-order valence-corrected chi connectivity index (χ4v) is 2.96. The van der Waals surface area contributed by atoms with Crippen LogP contribution >= 0.6 is 22.6 Å². The first-order valence-electron chi connectivity index (χ1n) is 6.30. The minimum absolute atomic E-state index is 0.0370. The minimum atomic E-state index is 0.0370. The van der Waals surface area contributed by atoms with E-state index in [-0.39, 0.29) is 11.9 Å². The molecule has 1 fully saturated rings. The van der Waals surface area contributed by atoms with Gasteiger partial charge in [0.15, 0.2) is 0 Å². The highest BCUT2D eigenvalue weighted by atomic mass is 127. The molecule has 0 spiro atoms. The van der Waals surface area contributed by atoms with E-state index in [1.165, 1.54) is 0 Å². The molecule has 1 aliphatic heterocycles. The van der Waals surface area contributed by atoms with Crippen molar-refractivity contribution >= 4 is 28.5 Å². The van der Waals surface area contributed by atoms with E-state index in [9.17, 15) is 4.79 Å². The summed E-state index contributed by atoms with van der Waals surface area (Å²) in [5.74, 6) is 0.670. The van der Waals surface area contributed by atoms with E-state index >= 15 is 0 Å². The highest BCUT2D eigenvalue weighted by molar-refractivity contribution is 14.1. The van der Waals surface area contributed by atoms with Gasteiger partial charge in [0.2, 0.25) is 0 Å². The van der Waals surface area contributed by atoms with Gasteiger partial charge in [-0.15, -0.1) is 0 Å². The molecule has 1 aromatic rings. The zero-order valence-corrected chi connectivity index (χ0v) is 13.3. The molecule has 4 nitrogen and oxygen atoms in total. The van der Waals surface area contributed by atoms with Gasteiger partial charge in [-0.3, -0.25) is 4.79 Å². The van der Waals surface area contributed by atoms with Crippen molar-refractivity contribution in [1.82, 2.24) is 4.90 Å². The number of nitrogens with zero attached hydrogens (tertiary/aromatic N) is 1. The SMILES string of the molecule is COC[C@@H]1CCCN1C(=O)c1cc(I)ccc1OC. The maximum atomic E-state index is 12.7. The van der Waals surface area contributed by atoms with E-state index < -0.39 is 0 Å². The van der Waals surface area contributed by atoms with E-state index in [1.54, 1.807) is 14.2 Å². The van der Waals surface area contributed by atoms with Crippen LogP contribution in [0.25, 0.3) is 0 Å². The topological polar surface area (TPSA) is 38.8 Å². The summed E-state index contributed by atoms with van der Waals surface area (Å²) in [6.45, 7) is 1.39. The molecule has 0 aromatic heterocycles. The van der Waals surface area contributed by atoms with Crippen LogP contribution in [-0.2, 0) is 4.74 Å². The highest BCUT2D eigenvalue weighted by Crippen LogP contribution is 2.26. The maximum Gasteiger partial charge on any atom is 0.257 e. The van der Waals surface area contributed by atoms with Crippen molar-refractivity contribution in [3.05, 3.63) is 27.3 Å². The number of carbonyl (C=O) groups is 1. The second-order valence-corrected chi connectivity index (χ2v) is 5.84. The van der Waals surface area contributed by atoms with Crippen molar-refractivity contribution in [2.45, 2.75) is 18.9 Å². The summed E-state index contributed by atoms with van der Waals surface area (Å²) >= 11 is 2.21. The number of hydrogen-bond donors (Lipinski definition) is 0. The minimum Gasteiger partial charge on any atom is -0.496 e. The zero-order chi connectivity index (χ0) is 13.8. The molecule has 1 saturated heterocycles. The molecule has 104 valence electrons. The fourth-order valence-electron chi connectivity index (χ4n) is 2.47. The summed E-state index contributed by atoms with van der Waals surface area (Å²) in [7, 11) is 3.27. The molecule has 5 heteroatoms. The van der Waals surface area contributed by atoms with E-state index in [4.69, 9.17) is 9.47 Å². The van der Waals surface area contributed by atoms with Crippen LogP contribution in [0.15, 0.2) is 18.2 Å². The van der Waals surface area contributed by atoms with Crippen molar-refractivity contribution in [3.8, 4) is 5.75 Å². The summed E-state index contributed by atoms with van der Waals surface area (Å²) in [6.07, 6.45) is 2.04. The van der Waals surface area contributed by atoms with Crippen molar-refractivity contribution in [2.75, 3.05) is 27.4 Å². The summed E-state index contributed by atoms with van der Waals surface area (Å²) < 4.78 is 11.5. The van der Waals surface area contributed by atoms with Gasteiger partial charge in [-0.2, -0.15) is 0 Å². The first-order valence-corrected chi connectivity index (χ1v) is 7.38. The Bertz CT molecular complexity index is 464. The number of hydrogen-bond acceptors (Lipinski definition) is 3. The fraction of sp³-hybridized carbons (Fsp3) is 0.500. The van der Waals surface area contributed by atoms with Gasteiger partial charge in [-0.05, 0) is 53.6 Å². The van der Waals surface area contributed by atoms with E-state index in [0.29, 0.717) is 17.9 Å². The van der Waals surface area contributed by atoms with Crippen molar-refractivity contribution in [2.24, 2.45) is 0 Å². The lowest BCUT2D eigenvalue weighted by atomic mass is 10.1. The van der Waals surface area contributed by atoms with Crippen LogP contribution < -0.4 is 4.74 Å². The number of methoxy groups -OCH3 is 2. The third kappa shape index (κ3) is 3.20. The first kappa shape index (κ1) is 14.6. The van der Waals surface area contributed by atoms with Gasteiger partial charge in [0.05, 0.1) is 25.3 Å². The standard InChI is InChI=1S/C14H18INO3/c1-18-9-11-4-3-7-16(11)14(17)12-8-10(15)5-6-13(12)19-2/h5-6,8,11H,3-4,7,9H2,1-2H3/t11-/m0/s1. The Morgan fingerprint density at radius 3 is 2.95 bits per heavy atom.